The van der Waals surface area contributed by atoms with Crippen molar-refractivity contribution in [3.05, 3.63) is 28.8 Å². The van der Waals surface area contributed by atoms with E-state index in [1.165, 1.54) is 0 Å². The van der Waals surface area contributed by atoms with Crippen molar-refractivity contribution in [3.8, 4) is 11.8 Å². The summed E-state index contributed by atoms with van der Waals surface area (Å²) in [5, 5.41) is 1.28. The molecule has 0 aromatic heterocycles. The Labute approximate surface area is 85.0 Å². The van der Waals surface area contributed by atoms with Crippen LogP contribution in [0.2, 0.25) is 5.02 Å². The predicted octanol–water partition coefficient (Wildman–Crippen LogP) is 2.67. The van der Waals surface area contributed by atoms with Gasteiger partial charge in [0, 0.05) is 16.3 Å². The highest BCUT2D eigenvalue weighted by atomic mass is 79.9. The molecule has 0 fully saturated rings. The van der Waals surface area contributed by atoms with Gasteiger partial charge in [-0.25, -0.2) is 0 Å². The molecule has 0 atom stereocenters. The van der Waals surface area contributed by atoms with Crippen LogP contribution >= 0.6 is 27.5 Å². The smallest absolute Gasteiger partial charge is 0.0649 e. The molecule has 0 radical (unpaired) electrons. The lowest BCUT2D eigenvalue weighted by Gasteiger charge is -1.97. The molecule has 1 aromatic rings. The molecule has 1 nitrogen and oxygen atoms in total. The van der Waals surface area contributed by atoms with Crippen molar-refractivity contribution in [1.29, 1.82) is 0 Å². The molecule has 0 saturated heterocycles. The Morgan fingerprint density at radius 3 is 2.83 bits per heavy atom. The van der Waals surface area contributed by atoms with Crippen LogP contribution in [0.4, 0.5) is 5.69 Å². The van der Waals surface area contributed by atoms with Gasteiger partial charge in [-0.15, -0.1) is 0 Å². The normalized spacial score (nSPS) is 8.83. The minimum Gasteiger partial charge on any atom is -0.398 e. The lowest BCUT2D eigenvalue weighted by molar-refractivity contribution is 1.62. The fourth-order valence-corrected chi connectivity index (χ4v) is 1.10. The zero-order valence-corrected chi connectivity index (χ0v) is 8.61. The molecule has 0 heterocycles. The van der Waals surface area contributed by atoms with Crippen molar-refractivity contribution in [3.63, 3.8) is 0 Å². The lowest BCUT2D eigenvalue weighted by Crippen LogP contribution is -1.89. The maximum atomic E-state index is 5.71. The Morgan fingerprint density at radius 1 is 1.50 bits per heavy atom. The molecule has 1 aromatic carbocycles. The second-order valence-corrected chi connectivity index (χ2v) is 3.16. The quantitative estimate of drug-likeness (QED) is 0.424. The van der Waals surface area contributed by atoms with Gasteiger partial charge in [-0.1, -0.05) is 39.4 Å². The lowest BCUT2D eigenvalue weighted by atomic mass is 10.2. The second-order valence-electron chi connectivity index (χ2n) is 2.17. The van der Waals surface area contributed by atoms with Crippen molar-refractivity contribution >= 4 is 33.2 Å². The number of nitrogens with two attached hydrogens (primary N) is 1. The number of anilines is 1. The van der Waals surface area contributed by atoms with Gasteiger partial charge in [-0.05, 0) is 18.2 Å². The SMILES string of the molecule is Nc1cc(Cl)ccc1C#CCBr. The van der Waals surface area contributed by atoms with E-state index in [9.17, 15) is 0 Å². The number of nitrogen functional groups attached to an aromatic ring is 1. The zero-order valence-electron chi connectivity index (χ0n) is 6.27. The summed E-state index contributed by atoms with van der Waals surface area (Å²) in [4.78, 5) is 0. The molecule has 0 unspecified atom stereocenters. The number of rotatable bonds is 0. The summed E-state index contributed by atoms with van der Waals surface area (Å²) in [6, 6.07) is 5.28. The van der Waals surface area contributed by atoms with E-state index >= 15 is 0 Å². The Kier molecular flexibility index (Phi) is 3.46. The summed E-state index contributed by atoms with van der Waals surface area (Å²) in [5.41, 5.74) is 7.10. The van der Waals surface area contributed by atoms with E-state index in [2.05, 4.69) is 27.8 Å². The van der Waals surface area contributed by atoms with Gasteiger partial charge in [0.05, 0.1) is 5.33 Å². The van der Waals surface area contributed by atoms with Gasteiger partial charge in [-0.3, -0.25) is 0 Å². The first kappa shape index (κ1) is 9.44. The molecule has 0 aliphatic heterocycles. The van der Waals surface area contributed by atoms with Crippen LogP contribution < -0.4 is 5.73 Å². The van der Waals surface area contributed by atoms with Crippen molar-refractivity contribution in [2.75, 3.05) is 11.1 Å². The van der Waals surface area contributed by atoms with Gasteiger partial charge < -0.3 is 5.73 Å². The number of hydrogen-bond acceptors (Lipinski definition) is 1. The van der Waals surface area contributed by atoms with Crippen molar-refractivity contribution in [2.45, 2.75) is 0 Å². The second kappa shape index (κ2) is 4.39. The minimum absolute atomic E-state index is 0.621. The van der Waals surface area contributed by atoms with Crippen LogP contribution in [0.1, 0.15) is 5.56 Å². The number of halogens is 2. The first-order chi connectivity index (χ1) is 5.74. The van der Waals surface area contributed by atoms with Crippen LogP contribution in [0.5, 0.6) is 0 Å². The molecule has 0 amide bonds. The van der Waals surface area contributed by atoms with E-state index in [1.54, 1.807) is 12.1 Å². The Bertz CT molecular complexity index is 338. The van der Waals surface area contributed by atoms with Crippen LogP contribution in [0.25, 0.3) is 0 Å². The highest BCUT2D eigenvalue weighted by Crippen LogP contribution is 2.16. The Morgan fingerprint density at radius 2 is 2.25 bits per heavy atom. The van der Waals surface area contributed by atoms with Crippen LogP contribution in [0, 0.1) is 11.8 Å². The van der Waals surface area contributed by atoms with Crippen molar-refractivity contribution < 1.29 is 0 Å². The summed E-state index contributed by atoms with van der Waals surface area (Å²) in [6.45, 7) is 0. The van der Waals surface area contributed by atoms with Gasteiger partial charge in [0.1, 0.15) is 0 Å². The Hall–Kier alpha value is -0.650. The predicted molar refractivity (Wildman–Crippen MR) is 56.5 cm³/mol. The van der Waals surface area contributed by atoms with E-state index in [-0.39, 0.29) is 0 Å². The van der Waals surface area contributed by atoms with Gasteiger partial charge >= 0.3 is 0 Å². The monoisotopic (exact) mass is 243 g/mol. The average molecular weight is 245 g/mol. The maximum absolute atomic E-state index is 5.71. The molecule has 1 rings (SSSR count). The standard InChI is InChI=1S/C9H7BrClN/c10-5-1-2-7-3-4-8(11)6-9(7)12/h3-4,6H,5,12H2. The topological polar surface area (TPSA) is 26.0 Å². The fourth-order valence-electron chi connectivity index (χ4n) is 0.776. The molecule has 0 aliphatic carbocycles. The summed E-state index contributed by atoms with van der Waals surface area (Å²) in [6.07, 6.45) is 0. The molecular formula is C9H7BrClN. The van der Waals surface area contributed by atoms with Crippen LogP contribution in [-0.2, 0) is 0 Å². The molecule has 0 saturated carbocycles. The fraction of sp³-hybridized carbons (Fsp3) is 0.111. The van der Waals surface area contributed by atoms with E-state index in [1.807, 2.05) is 6.07 Å². The average Bonchev–Trinajstić information content (AvgIpc) is 2.03. The number of benzene rings is 1. The van der Waals surface area contributed by atoms with E-state index in [0.717, 1.165) is 5.56 Å². The summed E-state index contributed by atoms with van der Waals surface area (Å²) < 4.78 is 0. The number of hydrogen-bond donors (Lipinski definition) is 1. The van der Waals surface area contributed by atoms with Gasteiger partial charge in [0.25, 0.3) is 0 Å². The van der Waals surface area contributed by atoms with Crippen LogP contribution in [0.15, 0.2) is 18.2 Å². The van der Waals surface area contributed by atoms with Crippen LogP contribution in [-0.4, -0.2) is 5.33 Å². The van der Waals surface area contributed by atoms with Gasteiger partial charge in [-0.2, -0.15) is 0 Å². The molecule has 62 valence electrons. The minimum atomic E-state index is 0.621. The summed E-state index contributed by atoms with van der Waals surface area (Å²) in [7, 11) is 0. The van der Waals surface area contributed by atoms with Crippen molar-refractivity contribution in [2.24, 2.45) is 0 Å². The zero-order chi connectivity index (χ0) is 8.97. The number of alkyl halides is 1. The van der Waals surface area contributed by atoms with Crippen LogP contribution in [0.3, 0.4) is 0 Å². The van der Waals surface area contributed by atoms with E-state index < -0.39 is 0 Å². The summed E-state index contributed by atoms with van der Waals surface area (Å²) in [5.74, 6) is 5.78. The highest BCUT2D eigenvalue weighted by molar-refractivity contribution is 9.09. The third-order valence-corrected chi connectivity index (χ3v) is 1.82. The summed E-state index contributed by atoms with van der Waals surface area (Å²) >= 11 is 8.92. The van der Waals surface area contributed by atoms with E-state index in [0.29, 0.717) is 16.0 Å². The molecule has 12 heavy (non-hydrogen) atoms. The molecule has 0 spiro atoms. The first-order valence-electron chi connectivity index (χ1n) is 3.34. The Balaban J connectivity index is 3.01. The molecular weight excluding hydrogens is 237 g/mol. The molecule has 0 aliphatic rings. The first-order valence-corrected chi connectivity index (χ1v) is 4.84. The molecule has 0 bridgehead atoms. The molecule has 3 heteroatoms. The maximum Gasteiger partial charge on any atom is 0.0649 e. The third-order valence-electron chi connectivity index (χ3n) is 1.30. The third kappa shape index (κ3) is 2.44. The van der Waals surface area contributed by atoms with E-state index in [4.69, 9.17) is 17.3 Å². The van der Waals surface area contributed by atoms with Crippen molar-refractivity contribution in [1.82, 2.24) is 0 Å². The molecule has 2 N–H and O–H groups in total. The highest BCUT2D eigenvalue weighted by Gasteiger charge is 1.94. The van der Waals surface area contributed by atoms with Gasteiger partial charge in [0.15, 0.2) is 0 Å². The van der Waals surface area contributed by atoms with Gasteiger partial charge in [0.2, 0.25) is 0 Å². The largest absolute Gasteiger partial charge is 0.398 e.